The Hall–Kier alpha value is -2.04. The minimum Gasteiger partial charge on any atom is -0.376 e. The Balaban J connectivity index is 1.42. The summed E-state index contributed by atoms with van der Waals surface area (Å²) in [6.07, 6.45) is 8.18. The second-order valence-corrected chi connectivity index (χ2v) is 10.6. The molecule has 2 atom stereocenters. The maximum atomic E-state index is 11.9. The molecule has 1 N–H and O–H groups in total. The van der Waals surface area contributed by atoms with Gasteiger partial charge in [0, 0.05) is 37.2 Å². The predicted molar refractivity (Wildman–Crippen MR) is 119 cm³/mol. The molecule has 0 bridgehead atoms. The molecule has 170 valence electrons. The van der Waals surface area contributed by atoms with Crippen molar-refractivity contribution >= 4 is 16.0 Å². The molecule has 0 unspecified atom stereocenters. The molecule has 0 saturated carbocycles. The van der Waals surface area contributed by atoms with Gasteiger partial charge in [0.25, 0.3) is 0 Å². The van der Waals surface area contributed by atoms with Crippen LogP contribution < -0.4 is 9.62 Å². The Bertz CT molecular complexity index is 970. The molecule has 4 heterocycles. The minimum absolute atomic E-state index is 0.129. The Morgan fingerprint density at radius 1 is 1.19 bits per heavy atom. The van der Waals surface area contributed by atoms with Crippen LogP contribution in [-0.2, 0) is 21.2 Å². The number of rotatable bonds is 7. The number of anilines is 1. The van der Waals surface area contributed by atoms with Gasteiger partial charge < -0.3 is 9.64 Å². The van der Waals surface area contributed by atoms with Crippen LogP contribution in [0.15, 0.2) is 24.5 Å². The van der Waals surface area contributed by atoms with Crippen LogP contribution in [-0.4, -0.2) is 66.3 Å². The van der Waals surface area contributed by atoms with Crippen LogP contribution in [0.25, 0.3) is 0 Å². The summed E-state index contributed by atoms with van der Waals surface area (Å²) in [6, 6.07) is 3.59. The van der Waals surface area contributed by atoms with Crippen LogP contribution in [0.1, 0.15) is 56.5 Å². The van der Waals surface area contributed by atoms with Crippen molar-refractivity contribution in [3.05, 3.63) is 35.9 Å². The third-order valence-corrected chi connectivity index (χ3v) is 6.79. The number of aryl methyl sites for hydroxylation is 1. The third-order valence-electron chi connectivity index (χ3n) is 6.06. The summed E-state index contributed by atoms with van der Waals surface area (Å²) in [7, 11) is -3.32. The van der Waals surface area contributed by atoms with E-state index in [0.717, 1.165) is 56.1 Å². The predicted octanol–water partition coefficient (Wildman–Crippen LogP) is 1.89. The molecule has 0 spiro atoms. The first-order valence-corrected chi connectivity index (χ1v) is 12.9. The maximum Gasteiger partial charge on any atom is 0.225 e. The van der Waals surface area contributed by atoms with Crippen molar-refractivity contribution in [2.75, 3.05) is 30.9 Å². The highest BCUT2D eigenvalue weighted by Gasteiger charge is 2.34. The van der Waals surface area contributed by atoms with Crippen molar-refractivity contribution in [1.29, 1.82) is 0 Å². The van der Waals surface area contributed by atoms with E-state index >= 15 is 0 Å². The summed E-state index contributed by atoms with van der Waals surface area (Å²) in [5.41, 5.74) is 2.19. The van der Waals surface area contributed by atoms with Crippen molar-refractivity contribution in [2.45, 2.75) is 63.6 Å². The topological polar surface area (TPSA) is 102 Å². The van der Waals surface area contributed by atoms with E-state index in [0.29, 0.717) is 12.5 Å². The molecule has 0 amide bonds. The third kappa shape index (κ3) is 5.42. The number of nitrogens with one attached hydrogen (secondary N) is 1. The number of fused-ring (bicyclic) bond motifs is 1. The van der Waals surface area contributed by atoms with Crippen molar-refractivity contribution in [3.63, 3.8) is 0 Å². The number of hydrogen-bond acceptors (Lipinski definition) is 7. The van der Waals surface area contributed by atoms with Crippen LogP contribution >= 0.6 is 0 Å². The molecule has 4 rings (SSSR count). The average Bonchev–Trinajstić information content (AvgIpc) is 3.18. The van der Waals surface area contributed by atoms with E-state index in [1.165, 1.54) is 6.26 Å². The summed E-state index contributed by atoms with van der Waals surface area (Å²) in [5, 5.41) is 4.80. The van der Waals surface area contributed by atoms with Gasteiger partial charge in [-0.2, -0.15) is 5.10 Å². The minimum atomic E-state index is -3.32. The number of aromatic nitrogens is 4. The quantitative estimate of drug-likeness (QED) is 0.690. The molecule has 2 aliphatic rings. The number of ether oxygens (including phenoxy) is 1. The van der Waals surface area contributed by atoms with Gasteiger partial charge >= 0.3 is 0 Å². The average molecular weight is 449 g/mol. The molecule has 2 aromatic heterocycles. The molecule has 2 aliphatic heterocycles. The Labute approximate surface area is 184 Å². The van der Waals surface area contributed by atoms with Gasteiger partial charge in [-0.05, 0) is 43.7 Å². The van der Waals surface area contributed by atoms with Gasteiger partial charge in [0.2, 0.25) is 16.0 Å². The van der Waals surface area contributed by atoms with Crippen LogP contribution in [0.2, 0.25) is 0 Å². The van der Waals surface area contributed by atoms with Gasteiger partial charge in [-0.1, -0.05) is 13.8 Å². The summed E-state index contributed by atoms with van der Waals surface area (Å²) in [5.74, 6) is 1.08. The number of nitrogens with zero attached hydrogens (tertiary/aromatic N) is 5. The normalized spacial score (nSPS) is 22.6. The van der Waals surface area contributed by atoms with Gasteiger partial charge in [0.1, 0.15) is 0 Å². The van der Waals surface area contributed by atoms with Crippen LogP contribution in [0.4, 0.5) is 5.95 Å². The zero-order valence-corrected chi connectivity index (χ0v) is 19.3. The van der Waals surface area contributed by atoms with Gasteiger partial charge in [-0.15, -0.1) is 0 Å². The van der Waals surface area contributed by atoms with E-state index in [-0.39, 0.29) is 18.2 Å². The van der Waals surface area contributed by atoms with Gasteiger partial charge in [0.05, 0.1) is 30.7 Å². The highest BCUT2D eigenvalue weighted by Crippen LogP contribution is 2.29. The molecule has 10 heteroatoms. The lowest BCUT2D eigenvalue weighted by Gasteiger charge is -2.36. The number of sulfonamides is 1. The van der Waals surface area contributed by atoms with Gasteiger partial charge in [0.15, 0.2) is 0 Å². The molecule has 0 aromatic carbocycles. The van der Waals surface area contributed by atoms with Crippen LogP contribution in [0.5, 0.6) is 0 Å². The SMILES string of the molecule is CC(C)c1cc2n(n1)[C@@H](COC1CCN(c3ncccn3)CC1)[C@@H](NS(C)(=O)=O)CC2. The van der Waals surface area contributed by atoms with Crippen LogP contribution in [0.3, 0.4) is 0 Å². The highest BCUT2D eigenvalue weighted by molar-refractivity contribution is 7.88. The molecule has 9 nitrogen and oxygen atoms in total. The first kappa shape index (κ1) is 22.2. The first-order chi connectivity index (χ1) is 14.8. The van der Waals surface area contributed by atoms with Crippen molar-refractivity contribution in [2.24, 2.45) is 0 Å². The molecular weight excluding hydrogens is 416 g/mol. The van der Waals surface area contributed by atoms with Crippen LogP contribution in [0, 0.1) is 0 Å². The van der Waals surface area contributed by atoms with E-state index in [2.05, 4.69) is 39.5 Å². The molecule has 0 aliphatic carbocycles. The standard InChI is InChI=1S/C21H32N6O3S/c1-15(2)19-13-16-5-6-18(25-31(3,28)29)20(27(16)24-19)14-30-17-7-11-26(12-8-17)21-22-9-4-10-23-21/h4,9-10,13,15,17-18,20,25H,5-8,11-12,14H2,1-3H3/t18-,20-/m0/s1. The van der Waals surface area contributed by atoms with E-state index in [1.54, 1.807) is 12.4 Å². The smallest absolute Gasteiger partial charge is 0.225 e. The van der Waals surface area contributed by atoms with Crippen molar-refractivity contribution in [3.8, 4) is 0 Å². The summed E-state index contributed by atoms with van der Waals surface area (Å²) < 4.78 is 35.0. The van der Waals surface area contributed by atoms with Crippen molar-refractivity contribution in [1.82, 2.24) is 24.5 Å². The van der Waals surface area contributed by atoms with E-state index < -0.39 is 10.0 Å². The first-order valence-electron chi connectivity index (χ1n) is 11.0. The highest BCUT2D eigenvalue weighted by atomic mass is 32.2. The Morgan fingerprint density at radius 3 is 2.55 bits per heavy atom. The lowest BCUT2D eigenvalue weighted by atomic mass is 9.98. The van der Waals surface area contributed by atoms with Gasteiger partial charge in [-0.3, -0.25) is 4.68 Å². The fourth-order valence-corrected chi connectivity index (χ4v) is 5.21. The summed E-state index contributed by atoms with van der Waals surface area (Å²) in [4.78, 5) is 10.8. The second-order valence-electron chi connectivity index (χ2n) is 8.83. The Morgan fingerprint density at radius 2 is 1.90 bits per heavy atom. The number of hydrogen-bond donors (Lipinski definition) is 1. The zero-order chi connectivity index (χ0) is 22.0. The fourth-order valence-electron chi connectivity index (χ4n) is 4.39. The largest absolute Gasteiger partial charge is 0.376 e. The van der Waals surface area contributed by atoms with Crippen molar-refractivity contribution < 1.29 is 13.2 Å². The molecule has 1 saturated heterocycles. The van der Waals surface area contributed by atoms with E-state index in [1.807, 2.05) is 10.7 Å². The fraction of sp³-hybridized carbons (Fsp3) is 0.667. The Kier molecular flexibility index (Phi) is 6.59. The maximum absolute atomic E-state index is 11.9. The number of piperidine rings is 1. The second kappa shape index (κ2) is 9.22. The molecular formula is C21H32N6O3S. The lowest BCUT2D eigenvalue weighted by molar-refractivity contribution is 0.00597. The van der Waals surface area contributed by atoms with E-state index in [9.17, 15) is 8.42 Å². The molecule has 2 aromatic rings. The zero-order valence-electron chi connectivity index (χ0n) is 18.4. The summed E-state index contributed by atoms with van der Waals surface area (Å²) in [6.45, 7) is 6.36. The lowest BCUT2D eigenvalue weighted by Crippen LogP contribution is -2.47. The molecule has 0 radical (unpaired) electrons. The van der Waals surface area contributed by atoms with Gasteiger partial charge in [-0.25, -0.2) is 23.1 Å². The molecule has 31 heavy (non-hydrogen) atoms. The summed E-state index contributed by atoms with van der Waals surface area (Å²) >= 11 is 0. The molecule has 1 fully saturated rings. The monoisotopic (exact) mass is 448 g/mol. The van der Waals surface area contributed by atoms with E-state index in [4.69, 9.17) is 9.84 Å².